The molecule has 0 bridgehead atoms. The highest BCUT2D eigenvalue weighted by atomic mass is 35.5. The molecule has 1 saturated heterocycles. The van der Waals surface area contributed by atoms with Crippen LogP contribution in [0.4, 0.5) is 5.82 Å². The van der Waals surface area contributed by atoms with E-state index in [0.717, 1.165) is 25.8 Å². The normalized spacial score (nSPS) is 30.5. The number of carboxylic acid groups (broad SMARTS) is 1. The summed E-state index contributed by atoms with van der Waals surface area (Å²) in [5.74, 6) is 0.279. The summed E-state index contributed by atoms with van der Waals surface area (Å²) in [5, 5.41) is 10.1. The molecule has 4 nitrogen and oxygen atoms in total. The molecule has 1 aliphatic carbocycles. The highest BCUT2D eigenvalue weighted by Gasteiger charge is 2.55. The number of nitrogens with zero attached hydrogens (tertiary/aromatic N) is 2. The van der Waals surface area contributed by atoms with E-state index >= 15 is 0 Å². The first-order valence-corrected chi connectivity index (χ1v) is 6.60. The lowest BCUT2D eigenvalue weighted by Gasteiger charge is -2.24. The number of aliphatic carboxylic acids is 1. The quantitative estimate of drug-likeness (QED) is 0.893. The summed E-state index contributed by atoms with van der Waals surface area (Å²) in [6.45, 7) is 1.28. The average Bonchev–Trinajstić information content (AvgIpc) is 2.86. The van der Waals surface area contributed by atoms with E-state index in [1.54, 1.807) is 18.3 Å². The van der Waals surface area contributed by atoms with Gasteiger partial charge in [0.25, 0.3) is 0 Å². The molecule has 2 fully saturated rings. The third kappa shape index (κ3) is 1.59. The SMILES string of the molecule is O=C(O)[C@@]12CCC[C@H]1CN(c1ncccc1Cl)C2. The number of pyridine rings is 1. The van der Waals surface area contributed by atoms with Crippen molar-refractivity contribution in [3.05, 3.63) is 23.4 Å². The molecule has 0 radical (unpaired) electrons. The van der Waals surface area contributed by atoms with Gasteiger partial charge in [-0.1, -0.05) is 18.0 Å². The van der Waals surface area contributed by atoms with Crippen molar-refractivity contribution in [2.45, 2.75) is 19.3 Å². The van der Waals surface area contributed by atoms with Crippen molar-refractivity contribution in [2.24, 2.45) is 11.3 Å². The zero-order valence-electron chi connectivity index (χ0n) is 9.97. The minimum atomic E-state index is -0.667. The third-order valence-electron chi connectivity index (χ3n) is 4.34. The van der Waals surface area contributed by atoms with Crippen LogP contribution in [0.2, 0.25) is 5.02 Å². The van der Waals surface area contributed by atoms with Gasteiger partial charge in [0.1, 0.15) is 5.82 Å². The number of anilines is 1. The molecular formula is C13H15ClN2O2. The molecule has 1 aliphatic heterocycles. The smallest absolute Gasteiger partial charge is 0.311 e. The van der Waals surface area contributed by atoms with Crippen LogP contribution in [0.1, 0.15) is 19.3 Å². The fourth-order valence-corrected chi connectivity index (χ4v) is 3.65. The van der Waals surface area contributed by atoms with Gasteiger partial charge in [-0.3, -0.25) is 4.79 Å². The summed E-state index contributed by atoms with van der Waals surface area (Å²) in [6.07, 6.45) is 4.48. The van der Waals surface area contributed by atoms with Gasteiger partial charge in [0, 0.05) is 19.3 Å². The molecule has 0 unspecified atom stereocenters. The zero-order valence-corrected chi connectivity index (χ0v) is 10.7. The van der Waals surface area contributed by atoms with E-state index in [-0.39, 0.29) is 5.92 Å². The highest BCUT2D eigenvalue weighted by Crippen LogP contribution is 2.50. The molecule has 1 aromatic heterocycles. The van der Waals surface area contributed by atoms with E-state index in [2.05, 4.69) is 4.98 Å². The Morgan fingerprint density at radius 3 is 3.11 bits per heavy atom. The van der Waals surface area contributed by atoms with Crippen LogP contribution in [0.15, 0.2) is 18.3 Å². The number of carboxylic acids is 1. The van der Waals surface area contributed by atoms with Crippen molar-refractivity contribution >= 4 is 23.4 Å². The Morgan fingerprint density at radius 1 is 1.61 bits per heavy atom. The molecule has 0 spiro atoms. The Labute approximate surface area is 111 Å². The van der Waals surface area contributed by atoms with Gasteiger partial charge in [-0.05, 0) is 30.9 Å². The summed E-state index contributed by atoms with van der Waals surface area (Å²) in [6, 6.07) is 3.58. The van der Waals surface area contributed by atoms with E-state index in [4.69, 9.17) is 11.6 Å². The molecule has 0 amide bonds. The van der Waals surface area contributed by atoms with Gasteiger partial charge >= 0.3 is 5.97 Å². The predicted molar refractivity (Wildman–Crippen MR) is 68.9 cm³/mol. The van der Waals surface area contributed by atoms with Gasteiger partial charge in [0.2, 0.25) is 0 Å². The van der Waals surface area contributed by atoms with Gasteiger partial charge in [0.15, 0.2) is 0 Å². The summed E-state index contributed by atoms with van der Waals surface area (Å²) in [7, 11) is 0. The van der Waals surface area contributed by atoms with Crippen molar-refractivity contribution in [2.75, 3.05) is 18.0 Å². The third-order valence-corrected chi connectivity index (χ3v) is 4.63. The minimum absolute atomic E-state index is 0.230. The standard InChI is InChI=1S/C13H15ClN2O2/c14-10-4-2-6-15-11(10)16-7-9-3-1-5-13(9,8-16)12(17)18/h2,4,6,9H,1,3,5,7-8H2,(H,17,18)/t9-,13+/m0/s1. The molecule has 1 aromatic rings. The number of halogens is 1. The van der Waals surface area contributed by atoms with E-state index in [0.29, 0.717) is 17.4 Å². The number of rotatable bonds is 2. The maximum atomic E-state index is 11.6. The first-order chi connectivity index (χ1) is 8.63. The highest BCUT2D eigenvalue weighted by molar-refractivity contribution is 6.32. The molecule has 3 rings (SSSR count). The molecular weight excluding hydrogens is 252 g/mol. The second kappa shape index (κ2) is 4.12. The number of hydrogen-bond acceptors (Lipinski definition) is 3. The van der Waals surface area contributed by atoms with Crippen LogP contribution in [0, 0.1) is 11.3 Å². The maximum Gasteiger partial charge on any atom is 0.311 e. The van der Waals surface area contributed by atoms with Crippen LogP contribution in [0.5, 0.6) is 0 Å². The lowest BCUT2D eigenvalue weighted by Crippen LogP contribution is -2.35. The van der Waals surface area contributed by atoms with Crippen LogP contribution in [0.25, 0.3) is 0 Å². The average molecular weight is 267 g/mol. The van der Waals surface area contributed by atoms with Crippen molar-refractivity contribution in [3.63, 3.8) is 0 Å². The van der Waals surface area contributed by atoms with Crippen molar-refractivity contribution in [1.29, 1.82) is 0 Å². The van der Waals surface area contributed by atoms with E-state index in [9.17, 15) is 9.90 Å². The van der Waals surface area contributed by atoms with Crippen molar-refractivity contribution in [3.8, 4) is 0 Å². The van der Waals surface area contributed by atoms with Crippen molar-refractivity contribution in [1.82, 2.24) is 4.98 Å². The summed E-state index contributed by atoms with van der Waals surface area (Å²) >= 11 is 6.13. The molecule has 2 atom stereocenters. The summed E-state index contributed by atoms with van der Waals surface area (Å²) < 4.78 is 0. The Bertz CT molecular complexity index is 494. The van der Waals surface area contributed by atoms with Crippen LogP contribution in [-0.2, 0) is 4.79 Å². The van der Waals surface area contributed by atoms with E-state index in [1.807, 2.05) is 4.90 Å². The van der Waals surface area contributed by atoms with Crippen LogP contribution >= 0.6 is 11.6 Å². The first kappa shape index (κ1) is 11.8. The Balaban J connectivity index is 1.92. The van der Waals surface area contributed by atoms with Crippen molar-refractivity contribution < 1.29 is 9.90 Å². The molecule has 1 N–H and O–H groups in total. The molecule has 2 heterocycles. The second-order valence-corrected chi connectivity index (χ2v) is 5.65. The summed E-state index contributed by atoms with van der Waals surface area (Å²) in [5.41, 5.74) is -0.582. The Morgan fingerprint density at radius 2 is 2.44 bits per heavy atom. The fraction of sp³-hybridized carbons (Fsp3) is 0.538. The number of carbonyl (C=O) groups is 1. The van der Waals surface area contributed by atoms with Gasteiger partial charge in [-0.15, -0.1) is 0 Å². The molecule has 18 heavy (non-hydrogen) atoms. The monoisotopic (exact) mass is 266 g/mol. The Hall–Kier alpha value is -1.29. The largest absolute Gasteiger partial charge is 0.481 e. The first-order valence-electron chi connectivity index (χ1n) is 6.22. The lowest BCUT2D eigenvalue weighted by atomic mass is 9.81. The Kier molecular flexibility index (Phi) is 2.70. The lowest BCUT2D eigenvalue weighted by molar-refractivity contribution is -0.149. The molecule has 1 saturated carbocycles. The van der Waals surface area contributed by atoms with Gasteiger partial charge in [-0.25, -0.2) is 4.98 Å². The van der Waals surface area contributed by atoms with Crippen LogP contribution in [-0.4, -0.2) is 29.1 Å². The van der Waals surface area contributed by atoms with Gasteiger partial charge in [0.05, 0.1) is 10.4 Å². The topological polar surface area (TPSA) is 53.4 Å². The van der Waals surface area contributed by atoms with Crippen LogP contribution in [0.3, 0.4) is 0 Å². The van der Waals surface area contributed by atoms with E-state index in [1.165, 1.54) is 0 Å². The van der Waals surface area contributed by atoms with E-state index < -0.39 is 11.4 Å². The molecule has 5 heteroatoms. The second-order valence-electron chi connectivity index (χ2n) is 5.24. The number of hydrogen-bond donors (Lipinski definition) is 1. The zero-order chi connectivity index (χ0) is 12.8. The predicted octanol–water partition coefficient (Wildman–Crippen LogP) is 2.43. The molecule has 96 valence electrons. The van der Waals surface area contributed by atoms with Crippen LogP contribution < -0.4 is 4.90 Å². The number of aromatic nitrogens is 1. The molecule has 0 aromatic carbocycles. The molecule has 2 aliphatic rings. The van der Waals surface area contributed by atoms with Gasteiger partial charge < -0.3 is 10.0 Å². The number of fused-ring (bicyclic) bond motifs is 1. The van der Waals surface area contributed by atoms with Gasteiger partial charge in [-0.2, -0.15) is 0 Å². The maximum absolute atomic E-state index is 11.6. The fourth-order valence-electron chi connectivity index (χ4n) is 3.41. The summed E-state index contributed by atoms with van der Waals surface area (Å²) in [4.78, 5) is 17.9. The minimum Gasteiger partial charge on any atom is -0.481 e.